The molecule has 0 unspecified atom stereocenters. The Balaban J connectivity index is 0.00000220. The second kappa shape index (κ2) is 15.9. The molecule has 272 valence electrons. The van der Waals surface area contributed by atoms with E-state index in [4.69, 9.17) is 19.4 Å². The van der Waals surface area contributed by atoms with Gasteiger partial charge in [-0.2, -0.15) is 22.9 Å². The minimum atomic E-state index is 0. The number of pyridine rings is 2. The molecule has 0 atom stereocenters. The number of fused-ring (bicyclic) bond motifs is 4. The fraction of sp³-hybridized carbons (Fsp3) is 0. The number of para-hydroxylation sites is 1. The van der Waals surface area contributed by atoms with Crippen LogP contribution < -0.4 is 9.47 Å². The van der Waals surface area contributed by atoms with Crippen LogP contribution in [0.4, 0.5) is 0 Å². The smallest absolute Gasteiger partial charge is 0.503 e. The zero-order valence-corrected chi connectivity index (χ0v) is 33.7. The van der Waals surface area contributed by atoms with E-state index in [0.717, 1.165) is 60.9 Å². The van der Waals surface area contributed by atoms with Crippen molar-refractivity contribution in [3.63, 3.8) is 0 Å². The Morgan fingerprint density at radius 2 is 1.00 bits per heavy atom. The van der Waals surface area contributed by atoms with E-state index in [1.807, 2.05) is 132 Å². The van der Waals surface area contributed by atoms with Crippen LogP contribution in [0, 0.1) is 24.3 Å². The number of ether oxygens (including phenoxy) is 2. The predicted molar refractivity (Wildman–Crippen MR) is 208 cm³/mol. The number of hydrogen-bond donors (Lipinski definition) is 0. The molecule has 0 amide bonds. The Labute approximate surface area is 351 Å². The van der Waals surface area contributed by atoms with Crippen molar-refractivity contribution in [2.24, 2.45) is 0 Å². The van der Waals surface area contributed by atoms with Gasteiger partial charge in [0.1, 0.15) is 0 Å². The maximum Gasteiger partial charge on any atom is 2.00 e. The molecule has 0 spiro atoms. The summed E-state index contributed by atoms with van der Waals surface area (Å²) in [6, 6.07) is 54.9. The monoisotopic (exact) mass is 1080 g/mol. The first kappa shape index (κ1) is 36.8. The topological polar surface area (TPSA) is 79.9 Å². The summed E-state index contributed by atoms with van der Waals surface area (Å²) in [4.78, 5) is 18.7. The van der Waals surface area contributed by atoms with Gasteiger partial charge in [0.15, 0.2) is 0 Å². The van der Waals surface area contributed by atoms with Crippen LogP contribution >= 0.6 is 0 Å². The van der Waals surface area contributed by atoms with Gasteiger partial charge in [-0.05, 0) is 41.0 Å². The Kier molecular flexibility index (Phi) is 10.4. The van der Waals surface area contributed by atoms with Gasteiger partial charge in [0.2, 0.25) is 5.95 Å². The molecule has 0 aliphatic carbocycles. The molecule has 5 aromatic heterocycles. The molecule has 56 heavy (non-hydrogen) atoms. The van der Waals surface area contributed by atoms with Gasteiger partial charge >= 0.3 is 42.1 Å². The molecule has 10 rings (SSSR count). The first-order valence-electron chi connectivity index (χ1n) is 17.3. The van der Waals surface area contributed by atoms with Gasteiger partial charge in [-0.1, -0.05) is 65.6 Å². The minimum Gasteiger partial charge on any atom is -0.503 e. The fourth-order valence-electron chi connectivity index (χ4n) is 6.60. The Morgan fingerprint density at radius 3 is 1.55 bits per heavy atom. The standard InChI is InChI=1S/C46H26N6O2.2Pt/c1-2-16-43-31(9-1)21-24-51(43)34-29-49-46(50-30-34)52-44-27-37(53-35-12-7-10-32(25-35)41-14-3-5-22-47-41)17-19-39(44)40-20-18-38(28-45(40)52)54-36-13-8-11-33(26-36)42-15-4-6-23-48-42;;/h1-24,29-30H;;/q-4;2*+2. The molecule has 0 bridgehead atoms. The molecule has 0 radical (unpaired) electrons. The first-order chi connectivity index (χ1) is 26.7. The second-order valence-electron chi connectivity index (χ2n) is 12.5. The zero-order chi connectivity index (χ0) is 35.8. The summed E-state index contributed by atoms with van der Waals surface area (Å²) in [7, 11) is 0. The third kappa shape index (κ3) is 7.06. The summed E-state index contributed by atoms with van der Waals surface area (Å²) in [6.07, 6.45) is 9.19. The van der Waals surface area contributed by atoms with Crippen molar-refractivity contribution in [1.82, 2.24) is 29.1 Å². The van der Waals surface area contributed by atoms with E-state index < -0.39 is 0 Å². The van der Waals surface area contributed by atoms with E-state index in [9.17, 15) is 0 Å². The molecule has 0 N–H and O–H groups in total. The molecule has 0 saturated carbocycles. The third-order valence-corrected chi connectivity index (χ3v) is 9.09. The molecule has 10 heteroatoms. The van der Waals surface area contributed by atoms with Crippen LogP contribution in [-0.2, 0) is 42.1 Å². The Bertz CT molecular complexity index is 2810. The van der Waals surface area contributed by atoms with Gasteiger partial charge in [0, 0.05) is 41.6 Å². The maximum atomic E-state index is 6.35. The molecule has 0 saturated heterocycles. The third-order valence-electron chi connectivity index (χ3n) is 9.09. The van der Waals surface area contributed by atoms with Crippen LogP contribution in [0.2, 0.25) is 0 Å². The first-order valence-corrected chi connectivity index (χ1v) is 17.3. The summed E-state index contributed by atoms with van der Waals surface area (Å²) in [5, 5.41) is 3.00. The van der Waals surface area contributed by atoms with Crippen LogP contribution in [0.15, 0.2) is 158 Å². The molecule has 8 nitrogen and oxygen atoms in total. The number of aromatic nitrogens is 6. The maximum absolute atomic E-state index is 6.35. The molecule has 5 heterocycles. The molecular weight excluding hydrogens is 1060 g/mol. The van der Waals surface area contributed by atoms with E-state index in [1.54, 1.807) is 12.4 Å². The summed E-state index contributed by atoms with van der Waals surface area (Å²) >= 11 is 0. The molecule has 0 aliphatic rings. The number of benzene rings is 5. The van der Waals surface area contributed by atoms with Crippen molar-refractivity contribution >= 4 is 32.7 Å². The molecule has 0 fully saturated rings. The van der Waals surface area contributed by atoms with E-state index in [1.165, 1.54) is 0 Å². The Hall–Kier alpha value is -6.20. The second-order valence-corrected chi connectivity index (χ2v) is 12.5. The van der Waals surface area contributed by atoms with Crippen molar-refractivity contribution in [1.29, 1.82) is 0 Å². The number of hydrogen-bond acceptors (Lipinski definition) is 6. The van der Waals surface area contributed by atoms with Gasteiger partial charge in [-0.15, -0.1) is 71.8 Å². The fourth-order valence-corrected chi connectivity index (χ4v) is 6.60. The van der Waals surface area contributed by atoms with Crippen molar-refractivity contribution in [3.05, 3.63) is 183 Å². The summed E-state index contributed by atoms with van der Waals surface area (Å²) in [6.45, 7) is 0. The van der Waals surface area contributed by atoms with Crippen molar-refractivity contribution < 1.29 is 51.6 Å². The SMILES string of the molecule is [Pt+2].[Pt+2].[c-]1c(Oc2[c-]c3c(cc2)c2ccc(Oc4[c-]c(-c5ccccn5)ccc4)[c-]c2n3-c2ncc(-n3ccc4ccccc43)cn2)cccc1-c1ccccn1. The van der Waals surface area contributed by atoms with Crippen LogP contribution in [0.3, 0.4) is 0 Å². The largest absolute Gasteiger partial charge is 2.00 e. The van der Waals surface area contributed by atoms with Crippen LogP contribution in [0.25, 0.3) is 66.9 Å². The van der Waals surface area contributed by atoms with Crippen molar-refractivity contribution in [3.8, 4) is 57.1 Å². The van der Waals surface area contributed by atoms with E-state index in [2.05, 4.69) is 57.0 Å². The molecule has 5 aromatic carbocycles. The zero-order valence-electron chi connectivity index (χ0n) is 29.1. The number of rotatable bonds is 8. The van der Waals surface area contributed by atoms with Gasteiger partial charge < -0.3 is 28.6 Å². The average Bonchev–Trinajstić information content (AvgIpc) is 3.81. The van der Waals surface area contributed by atoms with Gasteiger partial charge in [-0.25, -0.2) is 9.97 Å². The predicted octanol–water partition coefficient (Wildman–Crippen LogP) is 10.4. The van der Waals surface area contributed by atoms with E-state index in [-0.39, 0.29) is 42.1 Å². The van der Waals surface area contributed by atoms with Crippen LogP contribution in [0.5, 0.6) is 23.0 Å². The number of nitrogens with zero attached hydrogens (tertiary/aromatic N) is 6. The summed E-state index contributed by atoms with van der Waals surface area (Å²) < 4.78 is 16.7. The normalized spacial score (nSPS) is 10.9. The summed E-state index contributed by atoms with van der Waals surface area (Å²) in [5.74, 6) is 2.55. The molecule has 0 aliphatic heterocycles. The van der Waals surface area contributed by atoms with Crippen molar-refractivity contribution in [2.75, 3.05) is 0 Å². The quantitative estimate of drug-likeness (QED) is 0.141. The molecule has 10 aromatic rings. The Morgan fingerprint density at radius 1 is 0.464 bits per heavy atom. The van der Waals surface area contributed by atoms with Gasteiger partial charge in [0.25, 0.3) is 0 Å². The molecular formula is C46H26N6O2Pt2. The average molecular weight is 1080 g/mol. The summed E-state index contributed by atoms with van der Waals surface area (Å²) in [5.41, 5.74) is 6.64. The van der Waals surface area contributed by atoms with Gasteiger partial charge in [-0.3, -0.25) is 0 Å². The minimum absolute atomic E-state index is 0. The van der Waals surface area contributed by atoms with Gasteiger partial charge in [0.05, 0.1) is 23.6 Å². The van der Waals surface area contributed by atoms with Crippen molar-refractivity contribution in [2.45, 2.75) is 0 Å². The van der Waals surface area contributed by atoms with Crippen LogP contribution in [-0.4, -0.2) is 29.1 Å². The van der Waals surface area contributed by atoms with E-state index >= 15 is 0 Å². The van der Waals surface area contributed by atoms with E-state index in [0.29, 0.717) is 28.9 Å². The van der Waals surface area contributed by atoms with Crippen LogP contribution in [0.1, 0.15) is 0 Å².